The van der Waals surface area contributed by atoms with Gasteiger partial charge in [-0.25, -0.2) is 0 Å². The zero-order chi connectivity index (χ0) is 17.5. The molecule has 120 valence electrons. The zero-order valence-electron chi connectivity index (χ0n) is 12.6. The molecule has 2 aromatic carbocycles. The molecule has 24 heavy (non-hydrogen) atoms. The van der Waals surface area contributed by atoms with Crippen LogP contribution in [0.4, 0.5) is 0 Å². The molecule has 3 nitrogen and oxygen atoms in total. The monoisotopic (exact) mass is 445 g/mol. The second-order valence-electron chi connectivity index (χ2n) is 4.78. The summed E-state index contributed by atoms with van der Waals surface area (Å²) in [5, 5.41) is 9.33. The molecule has 0 aromatic heterocycles. The van der Waals surface area contributed by atoms with Crippen LogP contribution in [0.1, 0.15) is 15.9 Å². The van der Waals surface area contributed by atoms with Crippen LogP contribution in [0.25, 0.3) is 6.08 Å². The van der Waals surface area contributed by atoms with Gasteiger partial charge in [0.2, 0.25) is 5.78 Å². The topological polar surface area (TPSA) is 50.1 Å². The number of carbonyl (C=O) groups excluding carboxylic acids is 1. The first-order valence-corrected chi connectivity index (χ1v) is 8.59. The Morgan fingerprint density at radius 2 is 1.83 bits per heavy atom. The number of rotatable bonds is 6. The number of ether oxygens (including phenoxy) is 1. The second kappa shape index (κ2) is 8.62. The van der Waals surface area contributed by atoms with Crippen LogP contribution in [0.3, 0.4) is 0 Å². The van der Waals surface area contributed by atoms with E-state index in [1.807, 2.05) is 12.1 Å². The van der Waals surface area contributed by atoms with E-state index in [9.17, 15) is 10.1 Å². The Morgan fingerprint density at radius 1 is 1.21 bits per heavy atom. The Kier molecular flexibility index (Phi) is 6.53. The molecule has 0 saturated carbocycles. The van der Waals surface area contributed by atoms with Crippen LogP contribution in [0.15, 0.2) is 69.6 Å². The maximum absolute atomic E-state index is 12.4. The lowest BCUT2D eigenvalue weighted by atomic mass is 10.0. The summed E-state index contributed by atoms with van der Waals surface area (Å²) < 4.78 is 6.99. The lowest BCUT2D eigenvalue weighted by Crippen LogP contribution is -2.01. The van der Waals surface area contributed by atoms with Gasteiger partial charge in [-0.1, -0.05) is 43.0 Å². The van der Waals surface area contributed by atoms with E-state index in [1.165, 1.54) is 0 Å². The highest BCUT2D eigenvalue weighted by Crippen LogP contribution is 2.35. The third-order valence-electron chi connectivity index (χ3n) is 3.08. The van der Waals surface area contributed by atoms with Gasteiger partial charge < -0.3 is 4.74 Å². The first kappa shape index (κ1) is 18.2. The summed E-state index contributed by atoms with van der Waals surface area (Å²) in [7, 11) is 0. The minimum Gasteiger partial charge on any atom is -0.487 e. The number of nitriles is 1. The van der Waals surface area contributed by atoms with Gasteiger partial charge in [0, 0.05) is 5.56 Å². The number of ketones is 1. The SMILES string of the molecule is C=CCOc1c(Br)cc(/C=C(\C#N)C(=O)c2ccccc2)cc1Br. The van der Waals surface area contributed by atoms with Gasteiger partial charge in [-0.3, -0.25) is 4.79 Å². The van der Waals surface area contributed by atoms with E-state index in [0.717, 1.165) is 8.95 Å². The number of Topliss-reactive ketones (excluding diaryl/α,β-unsaturated/α-hetero) is 1. The fourth-order valence-electron chi connectivity index (χ4n) is 2.00. The van der Waals surface area contributed by atoms with Gasteiger partial charge in [0.1, 0.15) is 24.0 Å². The lowest BCUT2D eigenvalue weighted by Gasteiger charge is -2.10. The molecule has 0 heterocycles. The normalized spacial score (nSPS) is 10.8. The second-order valence-corrected chi connectivity index (χ2v) is 6.49. The molecule has 0 saturated heterocycles. The number of hydrogen-bond acceptors (Lipinski definition) is 3. The van der Waals surface area contributed by atoms with Crippen molar-refractivity contribution in [3.8, 4) is 11.8 Å². The minimum atomic E-state index is -0.308. The van der Waals surface area contributed by atoms with Crippen LogP contribution in [-0.4, -0.2) is 12.4 Å². The molecule has 0 radical (unpaired) electrons. The summed E-state index contributed by atoms with van der Waals surface area (Å²) >= 11 is 6.87. The largest absolute Gasteiger partial charge is 0.487 e. The summed E-state index contributed by atoms with van der Waals surface area (Å²) in [6.07, 6.45) is 3.21. The maximum Gasteiger partial charge on any atom is 0.203 e. The fourth-order valence-corrected chi connectivity index (χ4v) is 3.45. The van der Waals surface area contributed by atoms with Crippen LogP contribution in [0.5, 0.6) is 5.75 Å². The number of halogens is 2. The highest BCUT2D eigenvalue weighted by atomic mass is 79.9. The quantitative estimate of drug-likeness (QED) is 0.252. The summed E-state index contributed by atoms with van der Waals surface area (Å²) in [5.74, 6) is 0.331. The molecule has 2 aromatic rings. The zero-order valence-corrected chi connectivity index (χ0v) is 15.8. The molecule has 0 atom stereocenters. The van der Waals surface area contributed by atoms with Gasteiger partial charge in [0.25, 0.3) is 0 Å². The number of benzene rings is 2. The predicted molar refractivity (Wildman–Crippen MR) is 102 cm³/mol. The molecule has 5 heteroatoms. The average Bonchev–Trinajstić information content (AvgIpc) is 2.59. The van der Waals surface area contributed by atoms with Crippen molar-refractivity contribution in [3.63, 3.8) is 0 Å². The highest BCUT2D eigenvalue weighted by molar-refractivity contribution is 9.11. The number of hydrogen-bond donors (Lipinski definition) is 0. The number of allylic oxidation sites excluding steroid dienone is 1. The summed E-state index contributed by atoms with van der Waals surface area (Å²) in [6, 6.07) is 14.3. The van der Waals surface area contributed by atoms with Crippen molar-refractivity contribution in [1.82, 2.24) is 0 Å². The average molecular weight is 447 g/mol. The molecule has 0 unspecified atom stereocenters. The number of carbonyl (C=O) groups is 1. The van der Waals surface area contributed by atoms with Crippen molar-refractivity contribution >= 4 is 43.7 Å². The first-order chi connectivity index (χ1) is 11.6. The molecule has 0 bridgehead atoms. The standard InChI is InChI=1S/C19H13Br2NO2/c1-2-8-24-19-16(20)10-13(11-17(19)21)9-15(12-22)18(23)14-6-4-3-5-7-14/h2-7,9-11H,1,8H2/b15-9+. The molecule has 0 N–H and O–H groups in total. The van der Waals surface area contributed by atoms with Gasteiger partial charge in [-0.15, -0.1) is 0 Å². The van der Waals surface area contributed by atoms with Gasteiger partial charge in [0.15, 0.2) is 0 Å². The smallest absolute Gasteiger partial charge is 0.203 e. The predicted octanol–water partition coefficient (Wildman–Crippen LogP) is 5.57. The van der Waals surface area contributed by atoms with Crippen molar-refractivity contribution < 1.29 is 9.53 Å². The third-order valence-corrected chi connectivity index (χ3v) is 4.26. The van der Waals surface area contributed by atoms with E-state index in [4.69, 9.17) is 4.74 Å². The third kappa shape index (κ3) is 4.44. The van der Waals surface area contributed by atoms with E-state index in [-0.39, 0.29) is 11.4 Å². The van der Waals surface area contributed by atoms with Crippen LogP contribution in [0.2, 0.25) is 0 Å². The van der Waals surface area contributed by atoms with Crippen molar-refractivity contribution in [2.24, 2.45) is 0 Å². The molecule has 0 aliphatic carbocycles. The Balaban J connectivity index is 2.37. The number of nitrogens with zero attached hydrogens (tertiary/aromatic N) is 1. The van der Waals surface area contributed by atoms with Crippen LogP contribution < -0.4 is 4.74 Å². The summed E-state index contributed by atoms with van der Waals surface area (Å²) in [4.78, 5) is 12.4. The molecule has 0 aliphatic rings. The van der Waals surface area contributed by atoms with Gasteiger partial charge in [-0.2, -0.15) is 5.26 Å². The van der Waals surface area contributed by atoms with Gasteiger partial charge in [-0.05, 0) is 55.6 Å². The summed E-state index contributed by atoms with van der Waals surface area (Å²) in [5.41, 5.74) is 1.26. The van der Waals surface area contributed by atoms with Crippen LogP contribution >= 0.6 is 31.9 Å². The van der Waals surface area contributed by atoms with Gasteiger partial charge >= 0.3 is 0 Å². The van der Waals surface area contributed by atoms with Crippen molar-refractivity contribution in [2.75, 3.05) is 6.61 Å². The Bertz CT molecular complexity index is 813. The Morgan fingerprint density at radius 3 is 2.38 bits per heavy atom. The molecular weight excluding hydrogens is 434 g/mol. The highest BCUT2D eigenvalue weighted by Gasteiger charge is 2.13. The van der Waals surface area contributed by atoms with E-state index in [2.05, 4.69) is 38.4 Å². The molecular formula is C19H13Br2NO2. The molecule has 0 aliphatic heterocycles. The Labute approximate surface area is 157 Å². The van der Waals surface area contributed by atoms with E-state index in [0.29, 0.717) is 23.5 Å². The van der Waals surface area contributed by atoms with Gasteiger partial charge in [0.05, 0.1) is 8.95 Å². The molecule has 0 spiro atoms. The van der Waals surface area contributed by atoms with Crippen molar-refractivity contribution in [2.45, 2.75) is 0 Å². The van der Waals surface area contributed by atoms with E-state index < -0.39 is 0 Å². The molecule has 2 rings (SSSR count). The molecule has 0 amide bonds. The van der Waals surface area contributed by atoms with Crippen LogP contribution in [-0.2, 0) is 0 Å². The van der Waals surface area contributed by atoms with Crippen LogP contribution in [0, 0.1) is 11.3 Å². The van der Waals surface area contributed by atoms with Crippen molar-refractivity contribution in [1.29, 1.82) is 5.26 Å². The lowest BCUT2D eigenvalue weighted by molar-refractivity contribution is 0.104. The first-order valence-electron chi connectivity index (χ1n) is 7.01. The maximum atomic E-state index is 12.4. The Hall–Kier alpha value is -2.16. The van der Waals surface area contributed by atoms with E-state index >= 15 is 0 Å². The minimum absolute atomic E-state index is 0.0692. The molecule has 0 fully saturated rings. The van der Waals surface area contributed by atoms with Crippen molar-refractivity contribution in [3.05, 3.63) is 80.8 Å². The fraction of sp³-hybridized carbons (Fsp3) is 0.0526. The summed E-state index contributed by atoms with van der Waals surface area (Å²) in [6.45, 7) is 3.99. The van der Waals surface area contributed by atoms with E-state index in [1.54, 1.807) is 48.6 Å².